The van der Waals surface area contributed by atoms with E-state index in [0.717, 1.165) is 12.1 Å². The molecule has 0 radical (unpaired) electrons. The topological polar surface area (TPSA) is 61.2 Å². The average molecular weight is 332 g/mol. The van der Waals surface area contributed by atoms with Gasteiger partial charge in [-0.2, -0.15) is 4.98 Å². The number of rotatable bonds is 5. The first-order valence-corrected chi connectivity index (χ1v) is 6.96. The molecule has 0 bridgehead atoms. The van der Waals surface area contributed by atoms with Gasteiger partial charge in [-0.1, -0.05) is 0 Å². The minimum absolute atomic E-state index is 0.287. The van der Waals surface area contributed by atoms with Gasteiger partial charge in [-0.3, -0.25) is 0 Å². The molecule has 124 valence electrons. The molecule has 1 heterocycles. The predicted molar refractivity (Wildman–Crippen MR) is 84.1 cm³/mol. The second-order valence-corrected chi connectivity index (χ2v) is 4.84. The van der Waals surface area contributed by atoms with Crippen LogP contribution in [0.4, 0.5) is 20.4 Å². The second kappa shape index (κ2) is 6.53. The average Bonchev–Trinajstić information content (AvgIpc) is 3.05. The lowest BCUT2D eigenvalue weighted by molar-refractivity contribution is 0.395. The summed E-state index contributed by atoms with van der Waals surface area (Å²) in [6.07, 6.45) is 1.40. The van der Waals surface area contributed by atoms with Gasteiger partial charge in [0.2, 0.25) is 5.95 Å². The predicted octanol–water partition coefficient (Wildman–Crippen LogP) is 3.31. The van der Waals surface area contributed by atoms with Gasteiger partial charge in [-0.15, -0.1) is 5.10 Å². The van der Waals surface area contributed by atoms with Crippen LogP contribution in [0.5, 0.6) is 11.5 Å². The third-order valence-electron chi connectivity index (χ3n) is 3.27. The number of nitrogens with zero attached hydrogens (tertiary/aromatic N) is 3. The number of nitrogens with one attached hydrogen (secondary N) is 1. The molecule has 3 aromatic rings. The molecule has 0 saturated heterocycles. The zero-order chi connectivity index (χ0) is 17.1. The fraction of sp³-hybridized carbons (Fsp3) is 0.125. The highest BCUT2D eigenvalue weighted by Crippen LogP contribution is 2.27. The molecule has 0 unspecified atom stereocenters. The van der Waals surface area contributed by atoms with Gasteiger partial charge in [-0.05, 0) is 12.1 Å². The number of halogens is 2. The van der Waals surface area contributed by atoms with E-state index in [-0.39, 0.29) is 5.95 Å². The highest BCUT2D eigenvalue weighted by molar-refractivity contribution is 5.59. The van der Waals surface area contributed by atoms with Crippen LogP contribution in [0.2, 0.25) is 0 Å². The van der Waals surface area contributed by atoms with E-state index in [1.165, 1.54) is 17.1 Å². The van der Waals surface area contributed by atoms with Crippen LogP contribution in [0, 0.1) is 11.6 Å². The highest BCUT2D eigenvalue weighted by atomic mass is 19.2. The monoisotopic (exact) mass is 332 g/mol. The summed E-state index contributed by atoms with van der Waals surface area (Å²) < 4.78 is 38.0. The Kier molecular flexibility index (Phi) is 4.28. The van der Waals surface area contributed by atoms with Crippen molar-refractivity contribution in [2.24, 2.45) is 0 Å². The molecule has 0 aliphatic heterocycles. The summed E-state index contributed by atoms with van der Waals surface area (Å²) in [6, 6.07) is 8.72. The molecule has 6 nitrogen and oxygen atoms in total. The van der Waals surface area contributed by atoms with Gasteiger partial charge in [-0.25, -0.2) is 13.5 Å². The number of methoxy groups -OCH3 is 2. The van der Waals surface area contributed by atoms with E-state index >= 15 is 0 Å². The SMILES string of the molecule is COc1cc(Nc2ncn(-c3ccc(F)c(F)c3)n2)cc(OC)c1. The maximum Gasteiger partial charge on any atom is 0.246 e. The molecule has 8 heteroatoms. The van der Waals surface area contributed by atoms with Crippen molar-refractivity contribution in [2.75, 3.05) is 19.5 Å². The van der Waals surface area contributed by atoms with Crippen molar-refractivity contribution in [3.8, 4) is 17.2 Å². The van der Waals surface area contributed by atoms with E-state index in [9.17, 15) is 8.78 Å². The standard InChI is InChI=1S/C16H14F2N4O2/c1-23-12-5-10(6-13(8-12)24-2)20-16-19-9-22(21-16)11-3-4-14(17)15(18)7-11/h3-9H,1-2H3,(H,20,21). The van der Waals surface area contributed by atoms with Gasteiger partial charge in [0.25, 0.3) is 0 Å². The Bertz CT molecular complexity index is 845. The van der Waals surface area contributed by atoms with Crippen molar-refractivity contribution in [1.82, 2.24) is 14.8 Å². The molecule has 0 atom stereocenters. The van der Waals surface area contributed by atoms with Gasteiger partial charge in [0.15, 0.2) is 11.6 Å². The molecule has 0 amide bonds. The third kappa shape index (κ3) is 3.27. The molecule has 24 heavy (non-hydrogen) atoms. The molecular weight excluding hydrogens is 318 g/mol. The van der Waals surface area contributed by atoms with E-state index in [2.05, 4.69) is 15.4 Å². The fourth-order valence-electron chi connectivity index (χ4n) is 2.08. The summed E-state index contributed by atoms with van der Waals surface area (Å²) in [5, 5.41) is 7.18. The van der Waals surface area contributed by atoms with Crippen molar-refractivity contribution in [2.45, 2.75) is 0 Å². The third-order valence-corrected chi connectivity index (χ3v) is 3.27. The highest BCUT2D eigenvalue weighted by Gasteiger charge is 2.08. The van der Waals surface area contributed by atoms with Crippen molar-refractivity contribution < 1.29 is 18.3 Å². The Morgan fingerprint density at radius 1 is 0.958 bits per heavy atom. The number of aromatic nitrogens is 3. The van der Waals surface area contributed by atoms with Crippen LogP contribution in [0.15, 0.2) is 42.7 Å². The van der Waals surface area contributed by atoms with E-state index in [1.54, 1.807) is 32.4 Å². The van der Waals surface area contributed by atoms with Crippen LogP contribution in [-0.2, 0) is 0 Å². The first kappa shape index (κ1) is 15.7. The quantitative estimate of drug-likeness (QED) is 0.777. The number of ether oxygens (including phenoxy) is 2. The van der Waals surface area contributed by atoms with Gasteiger partial charge in [0, 0.05) is 30.0 Å². The van der Waals surface area contributed by atoms with E-state index in [0.29, 0.717) is 22.9 Å². The lowest BCUT2D eigenvalue weighted by atomic mass is 10.3. The molecule has 2 aromatic carbocycles. The molecule has 0 saturated carbocycles. The van der Waals surface area contributed by atoms with Gasteiger partial charge in [0.1, 0.15) is 17.8 Å². The second-order valence-electron chi connectivity index (χ2n) is 4.84. The lowest BCUT2D eigenvalue weighted by Crippen LogP contribution is -1.99. The maximum absolute atomic E-state index is 13.3. The molecular formula is C16H14F2N4O2. The first-order valence-electron chi connectivity index (χ1n) is 6.96. The normalized spacial score (nSPS) is 10.5. The summed E-state index contributed by atoms with van der Waals surface area (Å²) in [5.41, 5.74) is 1.02. The molecule has 1 N–H and O–H groups in total. The largest absolute Gasteiger partial charge is 0.497 e. The lowest BCUT2D eigenvalue weighted by Gasteiger charge is -2.08. The molecule has 0 aliphatic carbocycles. The minimum Gasteiger partial charge on any atom is -0.497 e. The van der Waals surface area contributed by atoms with Crippen molar-refractivity contribution in [3.05, 3.63) is 54.4 Å². The van der Waals surface area contributed by atoms with Crippen LogP contribution in [-0.4, -0.2) is 29.0 Å². The zero-order valence-electron chi connectivity index (χ0n) is 13.0. The Hall–Kier alpha value is -3.16. The fourth-order valence-corrected chi connectivity index (χ4v) is 2.08. The van der Waals surface area contributed by atoms with Crippen molar-refractivity contribution >= 4 is 11.6 Å². The molecule has 0 fully saturated rings. The van der Waals surface area contributed by atoms with E-state index in [1.807, 2.05) is 0 Å². The Balaban J connectivity index is 1.85. The molecule has 0 spiro atoms. The maximum atomic E-state index is 13.3. The summed E-state index contributed by atoms with van der Waals surface area (Å²) in [4.78, 5) is 4.09. The zero-order valence-corrected chi connectivity index (χ0v) is 13.0. The van der Waals surface area contributed by atoms with Crippen LogP contribution in [0.1, 0.15) is 0 Å². The Labute approximate surface area is 136 Å². The molecule has 1 aromatic heterocycles. The van der Waals surface area contributed by atoms with E-state index < -0.39 is 11.6 Å². The van der Waals surface area contributed by atoms with Crippen LogP contribution >= 0.6 is 0 Å². The minimum atomic E-state index is -0.949. The Morgan fingerprint density at radius 3 is 2.29 bits per heavy atom. The van der Waals surface area contributed by atoms with Gasteiger partial charge >= 0.3 is 0 Å². The van der Waals surface area contributed by atoms with Gasteiger partial charge < -0.3 is 14.8 Å². The number of benzene rings is 2. The number of anilines is 2. The Morgan fingerprint density at radius 2 is 1.67 bits per heavy atom. The summed E-state index contributed by atoms with van der Waals surface area (Å²) >= 11 is 0. The number of hydrogen-bond donors (Lipinski definition) is 1. The number of hydrogen-bond acceptors (Lipinski definition) is 5. The van der Waals surface area contributed by atoms with E-state index in [4.69, 9.17) is 9.47 Å². The van der Waals surface area contributed by atoms with Crippen molar-refractivity contribution in [1.29, 1.82) is 0 Å². The molecule has 3 rings (SSSR count). The van der Waals surface area contributed by atoms with Crippen molar-refractivity contribution in [3.63, 3.8) is 0 Å². The van der Waals surface area contributed by atoms with Crippen LogP contribution in [0.3, 0.4) is 0 Å². The summed E-state index contributed by atoms with van der Waals surface area (Å²) in [7, 11) is 3.10. The van der Waals surface area contributed by atoms with Gasteiger partial charge in [0.05, 0.1) is 19.9 Å². The van der Waals surface area contributed by atoms with Crippen LogP contribution < -0.4 is 14.8 Å². The summed E-state index contributed by atoms with van der Waals surface area (Å²) in [5.74, 6) is -0.362. The smallest absolute Gasteiger partial charge is 0.246 e. The summed E-state index contributed by atoms with van der Waals surface area (Å²) in [6.45, 7) is 0. The van der Waals surface area contributed by atoms with Crippen LogP contribution in [0.25, 0.3) is 5.69 Å². The molecule has 0 aliphatic rings. The first-order chi connectivity index (χ1) is 11.6.